The highest BCUT2D eigenvalue weighted by atomic mass is 16.6. The summed E-state index contributed by atoms with van der Waals surface area (Å²) < 4.78 is 10.2. The molecule has 0 aliphatic carbocycles. The first kappa shape index (κ1) is 40.8. The lowest BCUT2D eigenvalue weighted by Gasteiger charge is -2.12. The maximum absolute atomic E-state index is 11.9. The van der Waals surface area contributed by atoms with Crippen LogP contribution in [0.5, 0.6) is 0 Å². The van der Waals surface area contributed by atoms with Crippen LogP contribution in [-0.2, 0) is 19.1 Å². The molecule has 1 unspecified atom stereocenters. The van der Waals surface area contributed by atoms with E-state index in [9.17, 15) is 19.8 Å². The van der Waals surface area contributed by atoms with E-state index in [4.69, 9.17) is 9.47 Å². The summed E-state index contributed by atoms with van der Waals surface area (Å²) in [7, 11) is 0. The molecule has 6 heteroatoms. The Bertz CT molecular complexity index is 767. The van der Waals surface area contributed by atoms with Crippen LogP contribution in [0.25, 0.3) is 0 Å². The van der Waals surface area contributed by atoms with Gasteiger partial charge in [-0.15, -0.1) is 0 Å². The first-order chi connectivity index (χ1) is 20.8. The third-order valence-corrected chi connectivity index (χ3v) is 7.05. The Morgan fingerprint density at radius 2 is 1.05 bits per heavy atom. The number of carbonyl (C=O) groups is 2. The average Bonchev–Trinajstić information content (AvgIpc) is 2.97. The van der Waals surface area contributed by atoms with Crippen LogP contribution in [0, 0.1) is 5.92 Å². The molecule has 0 rings (SSSR count). The smallest absolute Gasteiger partial charge is 0.305 e. The molecule has 248 valence electrons. The van der Waals surface area contributed by atoms with Crippen LogP contribution in [0.15, 0.2) is 48.6 Å². The summed E-state index contributed by atoms with van der Waals surface area (Å²) in [6.45, 7) is 6.33. The fraction of sp³-hybridized carbons (Fsp3) is 0.730. The molecule has 2 atom stereocenters. The van der Waals surface area contributed by atoms with E-state index in [1.807, 2.05) is 6.08 Å². The van der Waals surface area contributed by atoms with Crippen LogP contribution in [-0.4, -0.2) is 47.6 Å². The number of rotatable bonds is 29. The van der Waals surface area contributed by atoms with Crippen molar-refractivity contribution in [1.29, 1.82) is 0 Å². The van der Waals surface area contributed by atoms with E-state index in [1.165, 1.54) is 38.5 Å². The van der Waals surface area contributed by atoms with Gasteiger partial charge in [-0.25, -0.2) is 0 Å². The predicted octanol–water partition coefficient (Wildman–Crippen LogP) is 9.11. The molecule has 43 heavy (non-hydrogen) atoms. The second kappa shape index (κ2) is 31.3. The lowest BCUT2D eigenvalue weighted by molar-refractivity contribution is -0.152. The van der Waals surface area contributed by atoms with Crippen LogP contribution in [0.1, 0.15) is 143 Å². The lowest BCUT2D eigenvalue weighted by atomic mass is 10.0. The molecule has 0 aliphatic heterocycles. The molecular formula is C37H64O6. The lowest BCUT2D eigenvalue weighted by Crippen LogP contribution is -2.25. The highest BCUT2D eigenvalue weighted by molar-refractivity contribution is 5.69. The number of unbranched alkanes of at least 4 members (excludes halogenated alkanes) is 8. The zero-order chi connectivity index (χ0) is 31.8. The summed E-state index contributed by atoms with van der Waals surface area (Å²) in [5.74, 6) is 0.145. The summed E-state index contributed by atoms with van der Waals surface area (Å²) >= 11 is 0. The van der Waals surface area contributed by atoms with Gasteiger partial charge in [0.05, 0.1) is 6.10 Å². The van der Waals surface area contributed by atoms with E-state index in [0.717, 1.165) is 70.1 Å². The van der Waals surface area contributed by atoms with Gasteiger partial charge in [0.1, 0.15) is 19.3 Å². The summed E-state index contributed by atoms with van der Waals surface area (Å²) in [5, 5.41) is 19.6. The minimum Gasteiger partial charge on any atom is -0.463 e. The van der Waals surface area contributed by atoms with Gasteiger partial charge in [-0.1, -0.05) is 127 Å². The van der Waals surface area contributed by atoms with Gasteiger partial charge in [-0.3, -0.25) is 9.59 Å². The number of hydrogen-bond acceptors (Lipinski definition) is 6. The SMILES string of the molecule is CCCC(O)C/C=C\C/C=C\C/C=C\C/C=C\CCCC(=O)OC[C@H](O)COC(=O)CCCCCCCCCCC(C)C. The molecule has 0 fully saturated rings. The average molecular weight is 605 g/mol. The normalized spacial score (nSPS) is 13.6. The van der Waals surface area contributed by atoms with Crippen molar-refractivity contribution in [3.8, 4) is 0 Å². The van der Waals surface area contributed by atoms with Crippen molar-refractivity contribution in [1.82, 2.24) is 0 Å². The molecule has 2 N–H and O–H groups in total. The summed E-state index contributed by atoms with van der Waals surface area (Å²) in [5.41, 5.74) is 0. The minimum atomic E-state index is -0.994. The fourth-order valence-corrected chi connectivity index (χ4v) is 4.45. The Balaban J connectivity index is 3.61. The number of esters is 2. The molecule has 0 radical (unpaired) electrons. The van der Waals surface area contributed by atoms with Crippen LogP contribution in [0.4, 0.5) is 0 Å². The van der Waals surface area contributed by atoms with Gasteiger partial charge in [-0.2, -0.15) is 0 Å². The number of hydrogen-bond donors (Lipinski definition) is 2. The molecule has 0 heterocycles. The van der Waals surface area contributed by atoms with Gasteiger partial charge in [0.15, 0.2) is 0 Å². The van der Waals surface area contributed by atoms with Crippen LogP contribution >= 0.6 is 0 Å². The molecule has 0 aromatic rings. The highest BCUT2D eigenvalue weighted by Gasteiger charge is 2.12. The quantitative estimate of drug-likeness (QED) is 0.0502. The van der Waals surface area contributed by atoms with Gasteiger partial charge in [0.2, 0.25) is 0 Å². The Labute approximate surface area is 263 Å². The Morgan fingerprint density at radius 3 is 1.58 bits per heavy atom. The standard InChI is InChI=1S/C37H64O6/c1-4-26-34(38)28-23-19-15-10-8-6-5-7-9-11-16-20-24-29-36(40)42-31-35(39)32-43-37(41)30-25-21-17-13-12-14-18-22-27-33(2)3/h5,7-8,10-11,16,19,23,33-35,38-39H,4,6,9,12-15,17-18,20-22,24-32H2,1-3H3/b7-5-,10-8-,16-11-,23-19-/t34?,35-/m0/s1. The third kappa shape index (κ3) is 32.6. The number of aliphatic hydroxyl groups excluding tert-OH is 2. The molecule has 0 aromatic heterocycles. The van der Waals surface area contributed by atoms with Crippen molar-refractivity contribution in [2.24, 2.45) is 5.92 Å². The first-order valence-corrected chi connectivity index (χ1v) is 17.1. The maximum atomic E-state index is 11.9. The van der Waals surface area contributed by atoms with Gasteiger partial charge in [0, 0.05) is 12.8 Å². The number of carbonyl (C=O) groups excluding carboxylic acids is 2. The van der Waals surface area contributed by atoms with E-state index < -0.39 is 6.10 Å². The van der Waals surface area contributed by atoms with Crippen LogP contribution in [0.2, 0.25) is 0 Å². The minimum absolute atomic E-state index is 0.143. The van der Waals surface area contributed by atoms with Crippen molar-refractivity contribution in [2.45, 2.75) is 155 Å². The summed E-state index contributed by atoms with van der Waals surface area (Å²) in [4.78, 5) is 23.8. The second-order valence-electron chi connectivity index (χ2n) is 11.9. The molecule has 0 aliphatic rings. The maximum Gasteiger partial charge on any atom is 0.305 e. The zero-order valence-electron chi connectivity index (χ0n) is 27.7. The molecule has 0 amide bonds. The fourth-order valence-electron chi connectivity index (χ4n) is 4.45. The van der Waals surface area contributed by atoms with Gasteiger partial charge >= 0.3 is 11.9 Å². The van der Waals surface area contributed by atoms with E-state index in [-0.39, 0.29) is 31.3 Å². The molecule has 0 spiro atoms. The molecule has 0 saturated carbocycles. The van der Waals surface area contributed by atoms with Crippen LogP contribution < -0.4 is 0 Å². The van der Waals surface area contributed by atoms with E-state index >= 15 is 0 Å². The molecule has 0 bridgehead atoms. The Morgan fingerprint density at radius 1 is 0.581 bits per heavy atom. The number of allylic oxidation sites excluding steroid dienone is 7. The monoisotopic (exact) mass is 604 g/mol. The molecule has 0 aromatic carbocycles. The Hall–Kier alpha value is -2.18. The summed E-state index contributed by atoms with van der Waals surface area (Å²) in [6, 6.07) is 0. The van der Waals surface area contributed by atoms with E-state index in [2.05, 4.69) is 63.3 Å². The molecular weight excluding hydrogens is 540 g/mol. The van der Waals surface area contributed by atoms with Gasteiger partial charge in [0.25, 0.3) is 0 Å². The largest absolute Gasteiger partial charge is 0.463 e. The molecule has 6 nitrogen and oxygen atoms in total. The zero-order valence-corrected chi connectivity index (χ0v) is 27.7. The number of ether oxygens (including phenoxy) is 2. The summed E-state index contributed by atoms with van der Waals surface area (Å²) in [6.07, 6.45) is 33.8. The number of aliphatic hydroxyl groups is 2. The Kier molecular flexibility index (Phi) is 29.7. The van der Waals surface area contributed by atoms with E-state index in [1.54, 1.807) is 0 Å². The third-order valence-electron chi connectivity index (χ3n) is 7.05. The van der Waals surface area contributed by atoms with Crippen LogP contribution in [0.3, 0.4) is 0 Å². The van der Waals surface area contributed by atoms with Crippen molar-refractivity contribution in [3.05, 3.63) is 48.6 Å². The predicted molar refractivity (Wildman–Crippen MR) is 179 cm³/mol. The van der Waals surface area contributed by atoms with Crippen molar-refractivity contribution in [2.75, 3.05) is 13.2 Å². The van der Waals surface area contributed by atoms with Gasteiger partial charge < -0.3 is 19.7 Å². The van der Waals surface area contributed by atoms with Crippen molar-refractivity contribution in [3.63, 3.8) is 0 Å². The van der Waals surface area contributed by atoms with Gasteiger partial charge in [-0.05, 0) is 57.3 Å². The molecule has 0 saturated heterocycles. The topological polar surface area (TPSA) is 93.1 Å². The van der Waals surface area contributed by atoms with Crippen molar-refractivity contribution >= 4 is 11.9 Å². The first-order valence-electron chi connectivity index (χ1n) is 17.1. The van der Waals surface area contributed by atoms with Crippen molar-refractivity contribution < 1.29 is 29.3 Å². The highest BCUT2D eigenvalue weighted by Crippen LogP contribution is 2.13. The van der Waals surface area contributed by atoms with E-state index in [0.29, 0.717) is 19.3 Å². The second-order valence-corrected chi connectivity index (χ2v) is 11.9.